The number of nitro benzene ring substituents is 1. The third kappa shape index (κ3) is 2.69. The van der Waals surface area contributed by atoms with Crippen LogP contribution in [0.15, 0.2) is 18.2 Å². The zero-order chi connectivity index (χ0) is 15.3. The molecule has 106 valence electrons. The molecule has 1 aromatic carbocycles. The fourth-order valence-electron chi connectivity index (χ4n) is 1.70. The predicted octanol–water partition coefficient (Wildman–Crippen LogP) is 1.95. The van der Waals surface area contributed by atoms with Crippen LogP contribution in [0.1, 0.15) is 19.4 Å². The molecule has 0 radical (unpaired) electrons. The van der Waals surface area contributed by atoms with Gasteiger partial charge in [0.05, 0.1) is 36.3 Å². The molecule has 0 fully saturated rings. The van der Waals surface area contributed by atoms with E-state index in [-0.39, 0.29) is 23.6 Å². The summed E-state index contributed by atoms with van der Waals surface area (Å²) in [5.74, 6) is -0.555. The van der Waals surface area contributed by atoms with Crippen LogP contribution in [0.25, 0.3) is 0 Å². The molecule has 0 N–H and O–H groups in total. The lowest BCUT2D eigenvalue weighted by atomic mass is 9.83. The van der Waals surface area contributed by atoms with Gasteiger partial charge in [0, 0.05) is 0 Å². The number of carbonyl (C=O) groups excluding carboxylic acids is 1. The number of nitrogens with zero attached hydrogens (tertiary/aromatic N) is 2. The molecule has 0 spiro atoms. The largest absolute Gasteiger partial charge is 0.497 e. The Balaban J connectivity index is 3.46. The molecular formula is C13H14N2O5. The van der Waals surface area contributed by atoms with Gasteiger partial charge in [0.1, 0.15) is 5.75 Å². The van der Waals surface area contributed by atoms with Crippen molar-refractivity contribution in [3.8, 4) is 11.8 Å². The molecule has 1 rings (SSSR count). The number of esters is 1. The minimum Gasteiger partial charge on any atom is -0.497 e. The van der Waals surface area contributed by atoms with E-state index in [0.29, 0.717) is 0 Å². The standard InChI is InChI=1S/C13H14N2O5/c1-4-20-12(16)13(2,8-14)10-6-5-9(19-3)7-11(10)15(17)18/h5-7H,4H2,1-3H3. The average Bonchev–Trinajstić information content (AvgIpc) is 2.45. The third-order valence-corrected chi connectivity index (χ3v) is 2.85. The molecule has 0 heterocycles. The minimum atomic E-state index is -1.75. The lowest BCUT2D eigenvalue weighted by molar-refractivity contribution is -0.385. The maximum absolute atomic E-state index is 11.9. The molecule has 20 heavy (non-hydrogen) atoms. The zero-order valence-corrected chi connectivity index (χ0v) is 11.4. The highest BCUT2D eigenvalue weighted by molar-refractivity contribution is 5.88. The first-order chi connectivity index (χ1) is 9.40. The Bertz CT molecular complexity index is 579. The van der Waals surface area contributed by atoms with E-state index < -0.39 is 16.3 Å². The zero-order valence-electron chi connectivity index (χ0n) is 11.4. The van der Waals surface area contributed by atoms with Crippen LogP contribution < -0.4 is 4.74 Å². The minimum absolute atomic E-state index is 0.0238. The van der Waals surface area contributed by atoms with Crippen molar-refractivity contribution >= 4 is 11.7 Å². The van der Waals surface area contributed by atoms with E-state index >= 15 is 0 Å². The van der Waals surface area contributed by atoms with Gasteiger partial charge in [-0.2, -0.15) is 5.26 Å². The number of ether oxygens (including phenoxy) is 2. The van der Waals surface area contributed by atoms with Gasteiger partial charge in [-0.15, -0.1) is 0 Å². The van der Waals surface area contributed by atoms with Gasteiger partial charge in [0.15, 0.2) is 5.41 Å². The normalized spacial score (nSPS) is 12.9. The molecule has 0 aliphatic rings. The van der Waals surface area contributed by atoms with Crippen molar-refractivity contribution < 1.29 is 19.2 Å². The van der Waals surface area contributed by atoms with Crippen LogP contribution in [0.2, 0.25) is 0 Å². The van der Waals surface area contributed by atoms with Crippen LogP contribution in [0.4, 0.5) is 5.69 Å². The second-order valence-corrected chi connectivity index (χ2v) is 4.10. The van der Waals surface area contributed by atoms with Gasteiger partial charge in [-0.25, -0.2) is 4.79 Å². The maximum atomic E-state index is 11.9. The van der Waals surface area contributed by atoms with Gasteiger partial charge in [0.2, 0.25) is 0 Å². The summed E-state index contributed by atoms with van der Waals surface area (Å²) in [6, 6.07) is 5.75. The number of hydrogen-bond donors (Lipinski definition) is 0. The summed E-state index contributed by atoms with van der Waals surface area (Å²) in [5.41, 5.74) is -2.13. The number of nitriles is 1. The second kappa shape index (κ2) is 6.02. The number of nitro groups is 1. The second-order valence-electron chi connectivity index (χ2n) is 4.10. The van der Waals surface area contributed by atoms with Gasteiger partial charge in [0.25, 0.3) is 5.69 Å². The van der Waals surface area contributed by atoms with Crippen LogP contribution in [0.3, 0.4) is 0 Å². The Morgan fingerprint density at radius 1 is 1.55 bits per heavy atom. The monoisotopic (exact) mass is 278 g/mol. The molecule has 0 saturated heterocycles. The van der Waals surface area contributed by atoms with E-state index in [1.807, 2.05) is 0 Å². The van der Waals surface area contributed by atoms with Crippen molar-refractivity contribution in [3.05, 3.63) is 33.9 Å². The summed E-state index contributed by atoms with van der Waals surface area (Å²) in [7, 11) is 1.37. The van der Waals surface area contributed by atoms with Gasteiger partial charge >= 0.3 is 5.97 Å². The molecule has 1 unspecified atom stereocenters. The molecule has 0 aliphatic heterocycles. The maximum Gasteiger partial charge on any atom is 0.331 e. The third-order valence-electron chi connectivity index (χ3n) is 2.85. The number of methoxy groups -OCH3 is 1. The molecule has 0 aromatic heterocycles. The number of hydrogen-bond acceptors (Lipinski definition) is 6. The first kappa shape index (κ1) is 15.4. The Morgan fingerprint density at radius 3 is 2.65 bits per heavy atom. The first-order valence-corrected chi connectivity index (χ1v) is 5.82. The average molecular weight is 278 g/mol. The Hall–Kier alpha value is -2.62. The van der Waals surface area contributed by atoms with Gasteiger partial charge in [-0.1, -0.05) is 0 Å². The van der Waals surface area contributed by atoms with Crippen molar-refractivity contribution in [1.29, 1.82) is 5.26 Å². The van der Waals surface area contributed by atoms with Crippen molar-refractivity contribution in [2.45, 2.75) is 19.3 Å². The molecular weight excluding hydrogens is 264 g/mol. The molecule has 7 nitrogen and oxygen atoms in total. The Morgan fingerprint density at radius 2 is 2.20 bits per heavy atom. The van der Waals surface area contributed by atoms with Crippen molar-refractivity contribution in [2.75, 3.05) is 13.7 Å². The summed E-state index contributed by atoms with van der Waals surface area (Å²) in [4.78, 5) is 22.4. The van der Waals surface area contributed by atoms with E-state index in [9.17, 15) is 20.2 Å². The number of carbonyl (C=O) groups is 1. The van der Waals surface area contributed by atoms with E-state index in [2.05, 4.69) is 0 Å². The van der Waals surface area contributed by atoms with Crippen LogP contribution in [0.5, 0.6) is 5.75 Å². The lowest BCUT2D eigenvalue weighted by Crippen LogP contribution is -2.33. The van der Waals surface area contributed by atoms with E-state index in [1.54, 1.807) is 13.0 Å². The van der Waals surface area contributed by atoms with E-state index in [0.717, 1.165) is 0 Å². The number of rotatable bonds is 5. The topological polar surface area (TPSA) is 102 Å². The Kier molecular flexibility index (Phi) is 4.64. The smallest absolute Gasteiger partial charge is 0.331 e. The molecule has 0 bridgehead atoms. The highest BCUT2D eigenvalue weighted by atomic mass is 16.6. The molecule has 0 aliphatic carbocycles. The van der Waals surface area contributed by atoms with Crippen LogP contribution in [0, 0.1) is 21.4 Å². The van der Waals surface area contributed by atoms with E-state index in [4.69, 9.17) is 9.47 Å². The van der Waals surface area contributed by atoms with Gasteiger partial charge in [-0.05, 0) is 26.0 Å². The van der Waals surface area contributed by atoms with E-state index in [1.165, 1.54) is 32.2 Å². The molecule has 0 saturated carbocycles. The molecule has 1 atom stereocenters. The van der Waals surface area contributed by atoms with Crippen LogP contribution in [-0.4, -0.2) is 24.6 Å². The molecule has 1 aromatic rings. The quantitative estimate of drug-likeness (QED) is 0.463. The van der Waals surface area contributed by atoms with Crippen molar-refractivity contribution in [3.63, 3.8) is 0 Å². The first-order valence-electron chi connectivity index (χ1n) is 5.82. The Labute approximate surface area is 115 Å². The van der Waals surface area contributed by atoms with Crippen LogP contribution >= 0.6 is 0 Å². The number of benzene rings is 1. The van der Waals surface area contributed by atoms with Gasteiger partial charge in [-0.3, -0.25) is 10.1 Å². The summed E-state index contributed by atoms with van der Waals surface area (Å²) in [5, 5.41) is 20.4. The highest BCUT2D eigenvalue weighted by Gasteiger charge is 2.42. The summed E-state index contributed by atoms with van der Waals surface area (Å²) >= 11 is 0. The molecule has 7 heteroatoms. The summed E-state index contributed by atoms with van der Waals surface area (Å²) in [6.45, 7) is 2.97. The van der Waals surface area contributed by atoms with Crippen molar-refractivity contribution in [1.82, 2.24) is 0 Å². The van der Waals surface area contributed by atoms with Crippen molar-refractivity contribution in [2.24, 2.45) is 0 Å². The molecule has 0 amide bonds. The van der Waals surface area contributed by atoms with Gasteiger partial charge < -0.3 is 9.47 Å². The summed E-state index contributed by atoms with van der Waals surface area (Å²) in [6.07, 6.45) is 0. The SMILES string of the molecule is CCOC(=O)C(C)(C#N)c1ccc(OC)cc1[N+](=O)[O-]. The van der Waals surface area contributed by atoms with Crippen LogP contribution in [-0.2, 0) is 14.9 Å². The lowest BCUT2D eigenvalue weighted by Gasteiger charge is -2.19. The fraction of sp³-hybridized carbons (Fsp3) is 0.385. The highest BCUT2D eigenvalue weighted by Crippen LogP contribution is 2.35. The summed E-state index contributed by atoms with van der Waals surface area (Å²) < 4.78 is 9.74. The predicted molar refractivity (Wildman–Crippen MR) is 69.2 cm³/mol. The fourth-order valence-corrected chi connectivity index (χ4v) is 1.70.